The lowest BCUT2D eigenvalue weighted by Gasteiger charge is -2.14. The third kappa shape index (κ3) is 2.45. The van der Waals surface area contributed by atoms with Crippen LogP contribution in [0.4, 0.5) is 13.2 Å². The van der Waals surface area contributed by atoms with Gasteiger partial charge < -0.3 is 5.11 Å². The molecule has 1 N–H and O–H groups in total. The van der Waals surface area contributed by atoms with Crippen molar-refractivity contribution in [3.05, 3.63) is 28.0 Å². The number of aliphatic hydroxyl groups excluding tert-OH is 1. The zero-order valence-electron chi connectivity index (χ0n) is 7.14. The number of nitrogens with zero attached hydrogens (tertiary/aromatic N) is 1. The van der Waals surface area contributed by atoms with Gasteiger partial charge in [0.05, 0.1) is 5.69 Å². The van der Waals surface area contributed by atoms with E-state index < -0.39 is 18.0 Å². The van der Waals surface area contributed by atoms with Crippen LogP contribution < -0.4 is 0 Å². The van der Waals surface area contributed by atoms with Gasteiger partial charge in [0, 0.05) is 10.7 Å². The fourth-order valence-electron chi connectivity index (χ4n) is 0.878. The number of hydrogen-bond donors (Lipinski definition) is 1. The summed E-state index contributed by atoms with van der Waals surface area (Å²) in [6.45, 7) is 1.62. The highest BCUT2D eigenvalue weighted by molar-refractivity contribution is 9.10. The minimum absolute atomic E-state index is 0.391. The number of aromatic nitrogens is 1. The van der Waals surface area contributed by atoms with Crippen molar-refractivity contribution in [1.29, 1.82) is 0 Å². The van der Waals surface area contributed by atoms with Crippen LogP contribution >= 0.6 is 15.9 Å². The summed E-state index contributed by atoms with van der Waals surface area (Å²) in [6, 6.07) is 1.20. The Labute approximate surface area is 86.9 Å². The van der Waals surface area contributed by atoms with Crippen molar-refractivity contribution >= 4 is 15.9 Å². The molecule has 78 valence electrons. The van der Waals surface area contributed by atoms with Crippen molar-refractivity contribution in [3.63, 3.8) is 0 Å². The van der Waals surface area contributed by atoms with Crippen LogP contribution in [0.15, 0.2) is 16.7 Å². The molecule has 0 aliphatic carbocycles. The maximum Gasteiger partial charge on any atom is 0.420 e. The average Bonchev–Trinajstić information content (AvgIpc) is 2.07. The van der Waals surface area contributed by atoms with Crippen molar-refractivity contribution in [2.75, 3.05) is 0 Å². The second-order valence-electron chi connectivity index (χ2n) is 2.80. The van der Waals surface area contributed by atoms with E-state index in [4.69, 9.17) is 5.11 Å². The number of alkyl halides is 3. The van der Waals surface area contributed by atoms with E-state index in [1.54, 1.807) is 6.92 Å². The van der Waals surface area contributed by atoms with Crippen LogP contribution in [0.2, 0.25) is 0 Å². The zero-order valence-corrected chi connectivity index (χ0v) is 8.72. The Balaban J connectivity index is 3.03. The van der Waals surface area contributed by atoms with Crippen LogP contribution in [-0.2, 0) is 0 Å². The Bertz CT molecular complexity index is 340. The highest BCUT2D eigenvalue weighted by atomic mass is 79.9. The summed E-state index contributed by atoms with van der Waals surface area (Å²) in [5.74, 6) is 0. The van der Waals surface area contributed by atoms with E-state index in [0.717, 1.165) is 0 Å². The summed E-state index contributed by atoms with van der Waals surface area (Å²) in [5.41, 5.74) is 0.205. The largest absolute Gasteiger partial charge is 0.420 e. The van der Waals surface area contributed by atoms with Crippen LogP contribution in [-0.4, -0.2) is 16.3 Å². The molecule has 0 spiro atoms. The Morgan fingerprint density at radius 1 is 1.50 bits per heavy atom. The van der Waals surface area contributed by atoms with Gasteiger partial charge in [-0.1, -0.05) is 0 Å². The molecule has 1 rings (SSSR count). The lowest BCUT2D eigenvalue weighted by molar-refractivity contribution is -0.207. The zero-order chi connectivity index (χ0) is 10.9. The summed E-state index contributed by atoms with van der Waals surface area (Å²) in [6.07, 6.45) is -5.96. The van der Waals surface area contributed by atoms with Crippen LogP contribution in [0.25, 0.3) is 0 Å². The summed E-state index contributed by atoms with van der Waals surface area (Å²) in [5, 5.41) is 8.87. The molecule has 0 amide bonds. The van der Waals surface area contributed by atoms with Crippen LogP contribution in [0.3, 0.4) is 0 Å². The molecule has 0 aliphatic heterocycles. The molecule has 1 unspecified atom stereocenters. The van der Waals surface area contributed by atoms with Crippen molar-refractivity contribution < 1.29 is 18.3 Å². The molecular formula is C8H7BrF3NO. The fourth-order valence-corrected chi connectivity index (χ4v) is 1.10. The highest BCUT2D eigenvalue weighted by Crippen LogP contribution is 2.32. The molecule has 0 saturated heterocycles. The fraction of sp³-hybridized carbons (Fsp3) is 0.375. The molecule has 1 heterocycles. The van der Waals surface area contributed by atoms with Crippen LogP contribution in [0.5, 0.6) is 0 Å². The van der Waals surface area contributed by atoms with Gasteiger partial charge in [0.25, 0.3) is 0 Å². The molecule has 1 aromatic rings. The predicted octanol–water partition coefficient (Wildman–Crippen LogP) is 2.75. The first-order chi connectivity index (χ1) is 6.32. The third-order valence-corrected chi connectivity index (χ3v) is 2.49. The first-order valence-corrected chi connectivity index (χ1v) is 4.48. The number of rotatable bonds is 1. The Morgan fingerprint density at radius 3 is 2.50 bits per heavy atom. The van der Waals surface area contributed by atoms with Crippen molar-refractivity contribution in [2.45, 2.75) is 19.2 Å². The van der Waals surface area contributed by atoms with E-state index >= 15 is 0 Å². The quantitative estimate of drug-likeness (QED) is 0.851. The number of pyridine rings is 1. The Hall–Kier alpha value is -0.620. The van der Waals surface area contributed by atoms with Gasteiger partial charge in [-0.2, -0.15) is 13.2 Å². The number of aliphatic hydroxyl groups is 1. The summed E-state index contributed by atoms with van der Waals surface area (Å²) in [7, 11) is 0. The number of halogens is 4. The van der Waals surface area contributed by atoms with E-state index in [1.807, 2.05) is 0 Å². The van der Waals surface area contributed by atoms with Gasteiger partial charge in [-0.25, -0.2) is 0 Å². The monoisotopic (exact) mass is 269 g/mol. The van der Waals surface area contributed by atoms with Crippen molar-refractivity contribution in [1.82, 2.24) is 4.98 Å². The Kier molecular flexibility index (Phi) is 3.16. The van der Waals surface area contributed by atoms with Crippen LogP contribution in [0.1, 0.15) is 17.4 Å². The van der Waals surface area contributed by atoms with E-state index in [9.17, 15) is 13.2 Å². The molecule has 0 radical (unpaired) electrons. The topological polar surface area (TPSA) is 33.1 Å². The van der Waals surface area contributed by atoms with E-state index in [0.29, 0.717) is 10.0 Å². The molecule has 14 heavy (non-hydrogen) atoms. The standard InChI is InChI=1S/C8H7BrF3NO/c1-4-2-6(13-3-5(4)9)7(14)8(10,11)12/h2-3,7,14H,1H3. The molecular weight excluding hydrogens is 263 g/mol. The third-order valence-electron chi connectivity index (χ3n) is 1.66. The average molecular weight is 270 g/mol. The molecule has 6 heteroatoms. The number of aryl methyl sites for hydroxylation is 1. The summed E-state index contributed by atoms with van der Waals surface area (Å²) in [4.78, 5) is 3.49. The summed E-state index contributed by atoms with van der Waals surface area (Å²) < 4.78 is 36.8. The van der Waals surface area contributed by atoms with Gasteiger partial charge >= 0.3 is 6.18 Å². The first-order valence-electron chi connectivity index (χ1n) is 3.69. The van der Waals surface area contributed by atoms with E-state index in [1.165, 1.54) is 12.3 Å². The minimum Gasteiger partial charge on any atom is -0.378 e. The smallest absolute Gasteiger partial charge is 0.378 e. The van der Waals surface area contributed by atoms with Gasteiger partial charge in [0.15, 0.2) is 6.10 Å². The first kappa shape index (κ1) is 11.5. The number of hydrogen-bond acceptors (Lipinski definition) is 2. The van der Waals surface area contributed by atoms with Crippen LogP contribution in [0, 0.1) is 6.92 Å². The lowest BCUT2D eigenvalue weighted by Crippen LogP contribution is -2.21. The van der Waals surface area contributed by atoms with Crippen molar-refractivity contribution in [3.8, 4) is 0 Å². The second kappa shape index (κ2) is 3.86. The molecule has 1 aromatic heterocycles. The highest BCUT2D eigenvalue weighted by Gasteiger charge is 2.40. The van der Waals surface area contributed by atoms with Gasteiger partial charge in [0.1, 0.15) is 0 Å². The van der Waals surface area contributed by atoms with E-state index in [-0.39, 0.29) is 0 Å². The molecule has 0 fully saturated rings. The summed E-state index contributed by atoms with van der Waals surface area (Å²) >= 11 is 3.10. The molecule has 0 saturated carbocycles. The van der Waals surface area contributed by atoms with Gasteiger partial charge in [-0.05, 0) is 34.5 Å². The van der Waals surface area contributed by atoms with Gasteiger partial charge in [-0.15, -0.1) is 0 Å². The predicted molar refractivity (Wildman–Crippen MR) is 47.7 cm³/mol. The molecule has 0 bridgehead atoms. The van der Waals surface area contributed by atoms with Gasteiger partial charge in [0.2, 0.25) is 0 Å². The Morgan fingerprint density at radius 2 is 2.07 bits per heavy atom. The maximum absolute atomic E-state index is 12.1. The van der Waals surface area contributed by atoms with Gasteiger partial charge in [-0.3, -0.25) is 4.98 Å². The van der Waals surface area contributed by atoms with Crippen molar-refractivity contribution in [2.24, 2.45) is 0 Å². The molecule has 0 aliphatic rings. The molecule has 2 nitrogen and oxygen atoms in total. The van der Waals surface area contributed by atoms with E-state index in [2.05, 4.69) is 20.9 Å². The molecule has 1 atom stereocenters. The maximum atomic E-state index is 12.1. The SMILES string of the molecule is Cc1cc(C(O)C(F)(F)F)ncc1Br. The normalized spacial score (nSPS) is 14.1. The second-order valence-corrected chi connectivity index (χ2v) is 3.66. The lowest BCUT2D eigenvalue weighted by atomic mass is 10.2. The minimum atomic E-state index is -4.67. The molecule has 0 aromatic carbocycles.